The molecular formula is C35H42BIrNO2-. The van der Waals surface area contributed by atoms with Gasteiger partial charge in [-0.1, -0.05) is 99.6 Å². The molecule has 4 aromatic rings. The van der Waals surface area contributed by atoms with E-state index >= 15 is 0 Å². The topological polar surface area (TPSA) is 50.2 Å². The van der Waals surface area contributed by atoms with Crippen LogP contribution in [0.3, 0.4) is 0 Å². The van der Waals surface area contributed by atoms with Gasteiger partial charge in [0.2, 0.25) is 0 Å². The van der Waals surface area contributed by atoms with Gasteiger partial charge >= 0.3 is 0 Å². The summed E-state index contributed by atoms with van der Waals surface area (Å²) in [7, 11) is 0. The Labute approximate surface area is 256 Å². The predicted octanol–water partition coefficient (Wildman–Crippen LogP) is 9.17. The second kappa shape index (κ2) is 13.3. The maximum atomic E-state index is 11.5. The van der Waals surface area contributed by atoms with E-state index in [1.165, 1.54) is 38.7 Å². The number of rotatable bonds is 2. The number of allylic oxidation sites excluding steroid dienone is 2. The van der Waals surface area contributed by atoms with Crippen molar-refractivity contribution in [2.24, 2.45) is 10.8 Å². The van der Waals surface area contributed by atoms with Gasteiger partial charge in [-0.3, -0.25) is 4.79 Å². The number of aliphatic hydroxyl groups excluding tert-OH is 1. The zero-order valence-electron chi connectivity index (χ0n) is 25.6. The Morgan fingerprint density at radius 2 is 1.45 bits per heavy atom. The Morgan fingerprint density at radius 1 is 0.825 bits per heavy atom. The third-order valence-corrected chi connectivity index (χ3v) is 6.62. The van der Waals surface area contributed by atoms with E-state index in [-0.39, 0.29) is 50.9 Å². The third-order valence-electron chi connectivity index (χ3n) is 6.62. The van der Waals surface area contributed by atoms with Gasteiger partial charge in [0.1, 0.15) is 5.76 Å². The maximum Gasteiger partial charge on any atom is 0.164 e. The minimum atomic E-state index is -0.417. The van der Waals surface area contributed by atoms with Gasteiger partial charge in [-0.05, 0) is 44.3 Å². The number of hydrogen-bond donors (Lipinski definition) is 1. The van der Waals surface area contributed by atoms with Crippen LogP contribution in [-0.4, -0.2) is 24.3 Å². The van der Waals surface area contributed by atoms with Crippen LogP contribution in [0.1, 0.15) is 73.4 Å². The molecule has 0 saturated carbocycles. The molecular weight excluding hydrogens is 669 g/mol. The van der Waals surface area contributed by atoms with Gasteiger partial charge in [0.25, 0.3) is 0 Å². The van der Waals surface area contributed by atoms with Crippen LogP contribution in [0.4, 0.5) is 0 Å². The van der Waals surface area contributed by atoms with Crippen molar-refractivity contribution in [1.29, 1.82) is 0 Å². The van der Waals surface area contributed by atoms with Crippen molar-refractivity contribution in [3.05, 3.63) is 89.8 Å². The van der Waals surface area contributed by atoms with Crippen molar-refractivity contribution in [2.75, 3.05) is 0 Å². The van der Waals surface area contributed by atoms with Crippen LogP contribution in [0.2, 0.25) is 0 Å². The van der Waals surface area contributed by atoms with E-state index in [1.54, 1.807) is 0 Å². The van der Waals surface area contributed by atoms with E-state index < -0.39 is 5.41 Å². The Hall–Kier alpha value is -2.75. The number of aryl methyl sites for hydroxylation is 1. The number of aliphatic hydroxyl groups is 1. The number of pyridine rings is 1. The fourth-order valence-electron chi connectivity index (χ4n) is 3.95. The number of benzene rings is 3. The van der Waals surface area contributed by atoms with Crippen molar-refractivity contribution < 1.29 is 30.0 Å². The van der Waals surface area contributed by atoms with E-state index in [2.05, 4.69) is 87.3 Å². The van der Waals surface area contributed by atoms with Crippen molar-refractivity contribution in [3.8, 4) is 11.3 Å². The molecule has 0 spiro atoms. The summed E-state index contributed by atoms with van der Waals surface area (Å²) in [6, 6.07) is 22.9. The first kappa shape index (κ1) is 35.3. The molecule has 0 aliphatic carbocycles. The molecule has 4 radical (unpaired) electrons. The molecule has 0 amide bonds. The summed E-state index contributed by atoms with van der Waals surface area (Å²) in [4.78, 5) is 16.1. The molecule has 212 valence electrons. The number of carbonyl (C=O) groups excluding carboxylic acids is 1. The minimum Gasteiger partial charge on any atom is -0.512 e. The van der Waals surface area contributed by atoms with Gasteiger partial charge < -0.3 is 10.1 Å². The summed E-state index contributed by atoms with van der Waals surface area (Å²) >= 11 is 0. The number of carbonyl (C=O) groups is 1. The SMILES string of the molecule is CC(C)(C)C(=O)C=C(O)C(C)(C)C.Cc1cc[c-]c(-c2nccc3c2ccc2cc(C(C)(C)C)ccc23)c1.[B].[Ir]. The Balaban J connectivity index is 0.000000462. The fourth-order valence-corrected chi connectivity index (χ4v) is 3.95. The Bertz CT molecular complexity index is 1500. The summed E-state index contributed by atoms with van der Waals surface area (Å²) in [6.45, 7) is 20.0. The van der Waals surface area contributed by atoms with Crippen molar-refractivity contribution >= 4 is 35.7 Å². The molecule has 0 atom stereocenters. The number of nitrogens with zero attached hydrogens (tertiary/aromatic N) is 1. The van der Waals surface area contributed by atoms with E-state index in [1.807, 2.05) is 53.8 Å². The van der Waals surface area contributed by atoms with Gasteiger partial charge in [-0.15, -0.1) is 35.4 Å². The molecule has 1 heterocycles. The van der Waals surface area contributed by atoms with Crippen LogP contribution in [0.25, 0.3) is 32.8 Å². The first-order chi connectivity index (χ1) is 17.5. The molecule has 1 N–H and O–H groups in total. The monoisotopic (exact) mass is 712 g/mol. The molecule has 1 aromatic heterocycles. The van der Waals surface area contributed by atoms with Crippen LogP contribution in [0.5, 0.6) is 0 Å². The summed E-state index contributed by atoms with van der Waals surface area (Å²) in [6.07, 6.45) is 3.24. The van der Waals surface area contributed by atoms with Crippen LogP contribution >= 0.6 is 0 Å². The Morgan fingerprint density at radius 3 is 2.00 bits per heavy atom. The molecule has 0 saturated heterocycles. The first-order valence-corrected chi connectivity index (χ1v) is 13.2. The summed E-state index contributed by atoms with van der Waals surface area (Å²) < 4.78 is 0. The van der Waals surface area contributed by atoms with Gasteiger partial charge in [0.05, 0.1) is 0 Å². The van der Waals surface area contributed by atoms with Gasteiger partial charge in [-0.25, -0.2) is 0 Å². The van der Waals surface area contributed by atoms with Gasteiger partial charge in [-0.2, -0.15) is 0 Å². The van der Waals surface area contributed by atoms with Crippen LogP contribution in [0, 0.1) is 23.8 Å². The molecule has 3 nitrogen and oxygen atoms in total. The smallest absolute Gasteiger partial charge is 0.164 e. The Kier molecular flexibility index (Phi) is 11.7. The molecule has 0 fully saturated rings. The molecule has 40 heavy (non-hydrogen) atoms. The number of aromatic nitrogens is 1. The second-order valence-corrected chi connectivity index (χ2v) is 13.2. The predicted molar refractivity (Wildman–Crippen MR) is 167 cm³/mol. The van der Waals surface area contributed by atoms with Crippen LogP contribution in [-0.2, 0) is 30.3 Å². The maximum absolute atomic E-state index is 11.5. The van der Waals surface area contributed by atoms with Crippen LogP contribution < -0.4 is 0 Å². The normalized spacial score (nSPS) is 12.2. The van der Waals surface area contributed by atoms with Gasteiger partial charge in [0.15, 0.2) is 5.78 Å². The van der Waals surface area contributed by atoms with Crippen molar-refractivity contribution in [3.63, 3.8) is 0 Å². The van der Waals surface area contributed by atoms with Crippen molar-refractivity contribution in [2.45, 2.75) is 74.7 Å². The summed E-state index contributed by atoms with van der Waals surface area (Å²) in [5, 5.41) is 14.6. The first-order valence-electron chi connectivity index (χ1n) is 13.2. The number of hydrogen-bond acceptors (Lipinski definition) is 3. The molecule has 0 aliphatic heterocycles. The molecule has 0 aliphatic rings. The van der Waals surface area contributed by atoms with E-state index in [9.17, 15) is 9.90 Å². The number of ketones is 1. The van der Waals surface area contributed by atoms with Gasteiger partial charge in [0, 0.05) is 51.6 Å². The minimum absolute atomic E-state index is 0. The third kappa shape index (κ3) is 8.62. The molecule has 4 rings (SSSR count). The standard InChI is InChI=1S/C24H22N.C11H20O2.B.Ir/c1-16-6-5-7-18(14-16)23-22-10-8-17-15-19(24(2,3)4)9-11-20(17)21(22)12-13-25-23;1-10(2,3)8(12)7-9(13)11(4,5)6;;/h5-6,8-15H,1-4H3;7,12H,1-6H3;;/q-1;;;. The fraction of sp³-hybridized carbons (Fsp3) is 0.371. The molecule has 5 heteroatoms. The molecule has 3 aromatic carbocycles. The van der Waals surface area contributed by atoms with E-state index in [0.717, 1.165) is 11.3 Å². The largest absolute Gasteiger partial charge is 0.512 e. The quantitative estimate of drug-likeness (QED) is 0.0742. The molecule has 0 bridgehead atoms. The molecule has 0 unspecified atom stereocenters. The van der Waals surface area contributed by atoms with E-state index in [0.29, 0.717) is 0 Å². The summed E-state index contributed by atoms with van der Waals surface area (Å²) in [5.74, 6) is 0.104. The average molecular weight is 712 g/mol. The van der Waals surface area contributed by atoms with Crippen LogP contribution in [0.15, 0.2) is 72.6 Å². The van der Waals surface area contributed by atoms with Crippen molar-refractivity contribution in [1.82, 2.24) is 4.98 Å². The zero-order valence-corrected chi connectivity index (χ0v) is 28.0. The summed E-state index contributed by atoms with van der Waals surface area (Å²) in [5.41, 5.74) is 4.03. The number of fused-ring (bicyclic) bond motifs is 3. The second-order valence-electron chi connectivity index (χ2n) is 13.2. The zero-order chi connectivity index (χ0) is 28.5. The van der Waals surface area contributed by atoms with E-state index in [4.69, 9.17) is 0 Å². The average Bonchev–Trinajstić information content (AvgIpc) is 2.81.